The zero-order chi connectivity index (χ0) is 11.1. The van der Waals surface area contributed by atoms with Gasteiger partial charge >= 0.3 is 0 Å². The van der Waals surface area contributed by atoms with Crippen LogP contribution < -0.4 is 0 Å². The first-order chi connectivity index (χ1) is 7.83. The molecule has 0 aliphatic carbocycles. The van der Waals surface area contributed by atoms with Crippen molar-refractivity contribution in [2.24, 2.45) is 0 Å². The highest BCUT2D eigenvalue weighted by atomic mass is 32.1. The number of aromatic nitrogens is 3. The van der Waals surface area contributed by atoms with Gasteiger partial charge in [0.1, 0.15) is 11.6 Å². The molecule has 0 unspecified atom stereocenters. The third kappa shape index (κ3) is 1.14. The zero-order valence-electron chi connectivity index (χ0n) is 8.66. The third-order valence-electron chi connectivity index (χ3n) is 3.12. The number of nitrogens with one attached hydrogen (secondary N) is 1. The molecule has 0 aromatic carbocycles. The zero-order valence-corrected chi connectivity index (χ0v) is 9.47. The Balaban J connectivity index is 2.53. The fourth-order valence-electron chi connectivity index (χ4n) is 2.44. The molecule has 0 amide bonds. The average Bonchev–Trinajstić information content (AvgIpc) is 2.64. The summed E-state index contributed by atoms with van der Waals surface area (Å²) in [6, 6.07) is 2.28. The van der Waals surface area contributed by atoms with Crippen molar-refractivity contribution >= 4 is 23.3 Å². The van der Waals surface area contributed by atoms with Gasteiger partial charge < -0.3 is 9.55 Å². The molecule has 0 atom stereocenters. The number of hydrogen-bond acceptors (Lipinski definition) is 3. The minimum Gasteiger partial charge on any atom is -0.343 e. The Morgan fingerprint density at radius 1 is 1.50 bits per heavy atom. The van der Waals surface area contributed by atoms with Gasteiger partial charge in [-0.3, -0.25) is 0 Å². The molecule has 4 nitrogen and oxygen atoms in total. The number of nitriles is 1. The van der Waals surface area contributed by atoms with Gasteiger partial charge in [0.15, 0.2) is 4.64 Å². The first kappa shape index (κ1) is 9.55. The molecule has 5 heteroatoms. The summed E-state index contributed by atoms with van der Waals surface area (Å²) < 4.78 is 2.74. The molecular weight excluding hydrogens is 220 g/mol. The van der Waals surface area contributed by atoms with Crippen LogP contribution in [0.15, 0.2) is 6.33 Å². The van der Waals surface area contributed by atoms with E-state index in [0.717, 1.165) is 48.1 Å². The number of aromatic amines is 1. The van der Waals surface area contributed by atoms with Crippen LogP contribution in [0.25, 0.3) is 11.0 Å². The molecule has 0 spiro atoms. The summed E-state index contributed by atoms with van der Waals surface area (Å²) in [4.78, 5) is 7.14. The first-order valence-corrected chi connectivity index (χ1v) is 5.72. The molecule has 1 aliphatic rings. The van der Waals surface area contributed by atoms with Crippen molar-refractivity contribution in [3.8, 4) is 6.07 Å². The van der Waals surface area contributed by atoms with Crippen molar-refractivity contribution in [1.29, 1.82) is 5.26 Å². The predicted octanol–water partition coefficient (Wildman–Crippen LogP) is 2.30. The van der Waals surface area contributed by atoms with Crippen LogP contribution in [-0.4, -0.2) is 14.5 Å². The monoisotopic (exact) mass is 230 g/mol. The lowest BCUT2D eigenvalue weighted by atomic mass is 10.1. The van der Waals surface area contributed by atoms with Crippen molar-refractivity contribution in [2.45, 2.75) is 25.8 Å². The molecule has 0 bridgehead atoms. The van der Waals surface area contributed by atoms with Crippen LogP contribution in [0.1, 0.15) is 24.1 Å². The molecule has 3 heterocycles. The summed E-state index contributed by atoms with van der Waals surface area (Å²) in [6.45, 7) is 0.941. The minimum atomic E-state index is 0.582. The third-order valence-corrected chi connectivity index (χ3v) is 3.42. The molecule has 1 aliphatic heterocycles. The van der Waals surface area contributed by atoms with E-state index in [1.807, 2.05) is 0 Å². The number of hydrogen-bond donors (Lipinski definition) is 1. The number of aryl methyl sites for hydroxylation is 1. The van der Waals surface area contributed by atoms with Crippen LogP contribution in [0.4, 0.5) is 0 Å². The van der Waals surface area contributed by atoms with Gasteiger partial charge in [0, 0.05) is 12.2 Å². The van der Waals surface area contributed by atoms with E-state index >= 15 is 0 Å². The molecular formula is C11H10N4S. The van der Waals surface area contributed by atoms with Crippen LogP contribution in [0.3, 0.4) is 0 Å². The summed E-state index contributed by atoms with van der Waals surface area (Å²) in [5.74, 6) is 0. The average molecular weight is 230 g/mol. The van der Waals surface area contributed by atoms with Crippen molar-refractivity contribution in [2.75, 3.05) is 0 Å². The molecule has 2 aromatic rings. The second-order valence-corrected chi connectivity index (χ2v) is 4.36. The highest BCUT2D eigenvalue weighted by Crippen LogP contribution is 2.28. The van der Waals surface area contributed by atoms with Gasteiger partial charge in [-0.15, -0.1) is 0 Å². The Hall–Kier alpha value is -1.67. The van der Waals surface area contributed by atoms with E-state index in [-0.39, 0.29) is 0 Å². The Morgan fingerprint density at radius 2 is 2.38 bits per heavy atom. The molecule has 80 valence electrons. The summed E-state index contributed by atoms with van der Waals surface area (Å²) in [6.07, 6.45) is 4.81. The van der Waals surface area contributed by atoms with Gasteiger partial charge in [-0.25, -0.2) is 4.98 Å². The summed E-state index contributed by atoms with van der Waals surface area (Å²) in [5.41, 5.74) is 3.62. The molecule has 1 N–H and O–H groups in total. The second-order valence-electron chi connectivity index (χ2n) is 3.97. The molecule has 0 saturated heterocycles. The van der Waals surface area contributed by atoms with Gasteiger partial charge in [0.25, 0.3) is 0 Å². The summed E-state index contributed by atoms with van der Waals surface area (Å²) in [5, 5.41) is 9.23. The van der Waals surface area contributed by atoms with Gasteiger partial charge in [-0.05, 0) is 19.3 Å². The molecule has 0 saturated carbocycles. The van der Waals surface area contributed by atoms with Crippen molar-refractivity contribution in [3.05, 3.63) is 22.2 Å². The van der Waals surface area contributed by atoms with E-state index in [1.165, 1.54) is 0 Å². The molecule has 16 heavy (non-hydrogen) atoms. The smallest absolute Gasteiger partial charge is 0.153 e. The lowest BCUT2D eigenvalue weighted by molar-refractivity contribution is 0.543. The van der Waals surface area contributed by atoms with Crippen LogP contribution in [0, 0.1) is 16.0 Å². The fourth-order valence-corrected chi connectivity index (χ4v) is 2.70. The van der Waals surface area contributed by atoms with Gasteiger partial charge in [-0.2, -0.15) is 5.26 Å². The van der Waals surface area contributed by atoms with Crippen LogP contribution >= 0.6 is 12.2 Å². The number of fused-ring (bicyclic) bond motifs is 3. The van der Waals surface area contributed by atoms with Gasteiger partial charge in [0.05, 0.1) is 17.4 Å². The van der Waals surface area contributed by atoms with E-state index < -0.39 is 0 Å². The fraction of sp³-hybridized carbons (Fsp3) is 0.364. The lowest BCUT2D eigenvalue weighted by Gasteiger charge is -2.15. The molecule has 2 aromatic heterocycles. The van der Waals surface area contributed by atoms with Crippen LogP contribution in [0.2, 0.25) is 0 Å². The maximum absolute atomic E-state index is 9.23. The maximum atomic E-state index is 9.23. The maximum Gasteiger partial charge on any atom is 0.153 e. The van der Waals surface area contributed by atoms with Crippen molar-refractivity contribution in [3.63, 3.8) is 0 Å². The first-order valence-electron chi connectivity index (χ1n) is 5.32. The van der Waals surface area contributed by atoms with E-state index in [4.69, 9.17) is 12.2 Å². The normalized spacial score (nSPS) is 14.7. The lowest BCUT2D eigenvalue weighted by Crippen LogP contribution is -2.10. The largest absolute Gasteiger partial charge is 0.343 e. The Bertz CT molecular complexity index is 659. The predicted molar refractivity (Wildman–Crippen MR) is 62.6 cm³/mol. The number of nitrogens with zero attached hydrogens (tertiary/aromatic N) is 3. The quantitative estimate of drug-likeness (QED) is 0.706. The van der Waals surface area contributed by atoms with E-state index in [9.17, 15) is 5.26 Å². The molecule has 0 fully saturated rings. The summed E-state index contributed by atoms with van der Waals surface area (Å²) in [7, 11) is 0. The summed E-state index contributed by atoms with van der Waals surface area (Å²) >= 11 is 5.24. The molecule has 0 radical (unpaired) electrons. The van der Waals surface area contributed by atoms with E-state index in [1.54, 1.807) is 6.33 Å². The SMILES string of the molecule is N#Cc1c2n(c3c(=S)nc[nH]c13)CCCC2. The highest BCUT2D eigenvalue weighted by molar-refractivity contribution is 7.71. The van der Waals surface area contributed by atoms with Crippen LogP contribution in [0.5, 0.6) is 0 Å². The standard InChI is InChI=1S/C11H10N4S/c12-5-7-8-3-1-2-4-15(8)10-9(7)13-6-14-11(10)16/h6H,1-4H2,(H,13,14,16). The Kier molecular flexibility index (Phi) is 2.04. The highest BCUT2D eigenvalue weighted by Gasteiger charge is 2.20. The van der Waals surface area contributed by atoms with Crippen molar-refractivity contribution < 1.29 is 0 Å². The van der Waals surface area contributed by atoms with E-state index in [0.29, 0.717) is 4.64 Å². The second kappa shape index (κ2) is 3.42. The van der Waals surface area contributed by atoms with Crippen molar-refractivity contribution in [1.82, 2.24) is 14.5 Å². The van der Waals surface area contributed by atoms with Crippen LogP contribution in [-0.2, 0) is 13.0 Å². The number of H-pyrrole nitrogens is 1. The van der Waals surface area contributed by atoms with E-state index in [2.05, 4.69) is 20.6 Å². The minimum absolute atomic E-state index is 0.582. The molecule has 3 rings (SSSR count). The number of rotatable bonds is 0. The topological polar surface area (TPSA) is 57.4 Å². The Labute approximate surface area is 97.5 Å². The van der Waals surface area contributed by atoms with Gasteiger partial charge in [-0.1, -0.05) is 12.2 Å². The van der Waals surface area contributed by atoms with Gasteiger partial charge in [0.2, 0.25) is 0 Å². The Morgan fingerprint density at radius 3 is 3.19 bits per heavy atom.